The molecule has 2 N–H and O–H groups in total. The van der Waals surface area contributed by atoms with Gasteiger partial charge in [0.05, 0.1) is 0 Å². The third kappa shape index (κ3) is 4.29. The Balaban J connectivity index is 2.10. The van der Waals surface area contributed by atoms with Crippen molar-refractivity contribution in [3.63, 3.8) is 0 Å². The largest absolute Gasteiger partial charge is 0.388 e. The van der Waals surface area contributed by atoms with Gasteiger partial charge in [-0.05, 0) is 38.5 Å². The predicted molar refractivity (Wildman–Crippen MR) is 110 cm³/mol. The highest BCUT2D eigenvalue weighted by molar-refractivity contribution is 5.77. The number of amides is 1. The average molecular weight is 405 g/mol. The number of aliphatic hydroxyl groups excluding tert-OH is 1. The first-order valence-corrected chi connectivity index (χ1v) is 10.6. The molecule has 1 aliphatic rings. The molecule has 9 nitrogen and oxygen atoms in total. The van der Waals surface area contributed by atoms with E-state index in [0.29, 0.717) is 24.8 Å². The Bertz CT molecular complexity index is 999. The maximum absolute atomic E-state index is 13.2. The van der Waals surface area contributed by atoms with Crippen LogP contribution < -0.4 is 16.6 Å². The summed E-state index contributed by atoms with van der Waals surface area (Å²) < 4.78 is 4.13. The zero-order valence-electron chi connectivity index (χ0n) is 17.5. The Labute approximate surface area is 169 Å². The van der Waals surface area contributed by atoms with E-state index >= 15 is 0 Å². The zero-order chi connectivity index (χ0) is 21.1. The van der Waals surface area contributed by atoms with Gasteiger partial charge >= 0.3 is 5.69 Å². The standard InChI is InChI=1S/C20H31N5O4/c1-4-6-10-24-18-17(23(9-5-2)15(12-26)22-18)19(28)25(20(24)29)11-16(27)21-13(3)14-7-8-14/h13-14,26H,4-12H2,1-3H3,(H,21,27). The summed E-state index contributed by atoms with van der Waals surface area (Å²) in [5.41, 5.74) is -0.507. The van der Waals surface area contributed by atoms with Gasteiger partial charge in [-0.1, -0.05) is 20.3 Å². The van der Waals surface area contributed by atoms with Crippen LogP contribution in [0.25, 0.3) is 11.2 Å². The van der Waals surface area contributed by atoms with Gasteiger partial charge in [0.15, 0.2) is 11.2 Å². The molecule has 0 saturated heterocycles. The molecule has 0 bridgehead atoms. The van der Waals surface area contributed by atoms with Crippen LogP contribution in [0.2, 0.25) is 0 Å². The fraction of sp³-hybridized carbons (Fsp3) is 0.700. The van der Waals surface area contributed by atoms with Crippen molar-refractivity contribution in [2.75, 3.05) is 0 Å². The van der Waals surface area contributed by atoms with E-state index in [4.69, 9.17) is 0 Å². The second-order valence-corrected chi connectivity index (χ2v) is 7.88. The van der Waals surface area contributed by atoms with Crippen molar-refractivity contribution in [1.29, 1.82) is 0 Å². The molecule has 1 atom stereocenters. The number of unbranched alkanes of at least 4 members (excludes halogenated alkanes) is 1. The van der Waals surface area contributed by atoms with Crippen molar-refractivity contribution in [3.8, 4) is 0 Å². The molecule has 0 aliphatic heterocycles. The van der Waals surface area contributed by atoms with Crippen LogP contribution in [0.15, 0.2) is 9.59 Å². The lowest BCUT2D eigenvalue weighted by atomic mass is 10.2. The summed E-state index contributed by atoms with van der Waals surface area (Å²) in [6.45, 7) is 6.19. The second kappa shape index (κ2) is 8.94. The summed E-state index contributed by atoms with van der Waals surface area (Å²) in [5, 5.41) is 12.6. The molecule has 1 saturated carbocycles. The molecule has 0 spiro atoms. The highest BCUT2D eigenvalue weighted by Gasteiger charge is 2.29. The fourth-order valence-electron chi connectivity index (χ4n) is 3.74. The van der Waals surface area contributed by atoms with Gasteiger partial charge in [0.25, 0.3) is 5.56 Å². The van der Waals surface area contributed by atoms with Crippen molar-refractivity contribution < 1.29 is 9.90 Å². The number of aromatic nitrogens is 4. The Hall–Kier alpha value is -2.42. The minimum absolute atomic E-state index is 0.0378. The summed E-state index contributed by atoms with van der Waals surface area (Å²) in [6.07, 6.45) is 4.54. The summed E-state index contributed by atoms with van der Waals surface area (Å²) in [4.78, 5) is 43.2. The van der Waals surface area contributed by atoms with Crippen LogP contribution in [0.3, 0.4) is 0 Å². The molecular formula is C20H31N5O4. The second-order valence-electron chi connectivity index (χ2n) is 7.88. The number of nitrogens with zero attached hydrogens (tertiary/aromatic N) is 4. The quantitative estimate of drug-likeness (QED) is 0.612. The van der Waals surface area contributed by atoms with E-state index in [2.05, 4.69) is 10.3 Å². The molecule has 1 amide bonds. The zero-order valence-corrected chi connectivity index (χ0v) is 17.5. The first kappa shape index (κ1) is 21.3. The van der Waals surface area contributed by atoms with Crippen LogP contribution in [0, 0.1) is 5.92 Å². The van der Waals surface area contributed by atoms with Gasteiger partial charge in [-0.25, -0.2) is 14.3 Å². The number of carbonyl (C=O) groups is 1. The number of hydrogen-bond acceptors (Lipinski definition) is 5. The summed E-state index contributed by atoms with van der Waals surface area (Å²) in [7, 11) is 0. The number of aryl methyl sites for hydroxylation is 2. The van der Waals surface area contributed by atoms with E-state index in [1.54, 1.807) is 4.57 Å². The molecule has 1 unspecified atom stereocenters. The molecule has 1 aliphatic carbocycles. The van der Waals surface area contributed by atoms with Crippen molar-refractivity contribution in [3.05, 3.63) is 26.7 Å². The molecule has 0 radical (unpaired) electrons. The van der Waals surface area contributed by atoms with E-state index < -0.39 is 11.2 Å². The average Bonchev–Trinajstić information content (AvgIpc) is 3.48. The van der Waals surface area contributed by atoms with Crippen molar-refractivity contribution in [2.24, 2.45) is 5.92 Å². The third-order valence-corrected chi connectivity index (χ3v) is 5.54. The number of aliphatic hydroxyl groups is 1. The van der Waals surface area contributed by atoms with E-state index in [1.165, 1.54) is 4.57 Å². The number of carbonyl (C=O) groups excluding carboxylic acids is 1. The van der Waals surface area contributed by atoms with E-state index in [1.807, 2.05) is 20.8 Å². The lowest BCUT2D eigenvalue weighted by Gasteiger charge is -2.15. The minimum atomic E-state index is -0.535. The fourth-order valence-corrected chi connectivity index (χ4v) is 3.74. The Morgan fingerprint density at radius 1 is 1.17 bits per heavy atom. The van der Waals surface area contributed by atoms with Gasteiger partial charge in [0.2, 0.25) is 5.91 Å². The van der Waals surface area contributed by atoms with Crippen LogP contribution in [0.4, 0.5) is 0 Å². The molecular weight excluding hydrogens is 374 g/mol. The summed E-state index contributed by atoms with van der Waals surface area (Å²) in [5.74, 6) is 0.500. The van der Waals surface area contributed by atoms with Gasteiger partial charge in [0.1, 0.15) is 19.0 Å². The highest BCUT2D eigenvalue weighted by atomic mass is 16.3. The van der Waals surface area contributed by atoms with Crippen molar-refractivity contribution in [2.45, 2.75) is 85.2 Å². The maximum atomic E-state index is 13.2. The van der Waals surface area contributed by atoms with E-state index in [0.717, 1.165) is 36.7 Å². The third-order valence-electron chi connectivity index (χ3n) is 5.54. The number of imidazole rings is 1. The van der Waals surface area contributed by atoms with E-state index in [9.17, 15) is 19.5 Å². The Morgan fingerprint density at radius 2 is 1.90 bits per heavy atom. The smallest absolute Gasteiger partial charge is 0.333 e. The topological polar surface area (TPSA) is 111 Å². The maximum Gasteiger partial charge on any atom is 0.333 e. The number of hydrogen-bond donors (Lipinski definition) is 2. The van der Waals surface area contributed by atoms with Crippen LogP contribution in [-0.2, 0) is 31.0 Å². The SMILES string of the molecule is CCCCn1c(=O)n(CC(=O)NC(C)C2CC2)c(=O)c2c1nc(CO)n2CCC. The van der Waals surface area contributed by atoms with Gasteiger partial charge < -0.3 is 15.0 Å². The normalized spacial score (nSPS) is 15.0. The van der Waals surface area contributed by atoms with Gasteiger partial charge in [-0.2, -0.15) is 0 Å². The highest BCUT2D eigenvalue weighted by Crippen LogP contribution is 2.32. The van der Waals surface area contributed by atoms with E-state index in [-0.39, 0.29) is 36.3 Å². The first-order chi connectivity index (χ1) is 13.9. The molecule has 2 aromatic heterocycles. The minimum Gasteiger partial charge on any atom is -0.388 e. The number of rotatable bonds is 10. The molecule has 2 aromatic rings. The Kier molecular flexibility index (Phi) is 6.56. The summed E-state index contributed by atoms with van der Waals surface area (Å²) >= 11 is 0. The molecule has 0 aromatic carbocycles. The first-order valence-electron chi connectivity index (χ1n) is 10.6. The molecule has 3 rings (SSSR count). The molecule has 9 heteroatoms. The van der Waals surface area contributed by atoms with Crippen LogP contribution in [0.5, 0.6) is 0 Å². The predicted octanol–water partition coefficient (Wildman–Crippen LogP) is 0.977. The molecule has 160 valence electrons. The monoisotopic (exact) mass is 405 g/mol. The lowest BCUT2D eigenvalue weighted by Crippen LogP contribution is -2.46. The van der Waals surface area contributed by atoms with Gasteiger partial charge in [-0.3, -0.25) is 14.2 Å². The lowest BCUT2D eigenvalue weighted by molar-refractivity contribution is -0.122. The summed E-state index contributed by atoms with van der Waals surface area (Å²) in [6, 6.07) is 0.0378. The van der Waals surface area contributed by atoms with Crippen LogP contribution in [0.1, 0.15) is 58.7 Å². The number of nitrogens with one attached hydrogen (secondary N) is 1. The van der Waals surface area contributed by atoms with Gasteiger partial charge in [-0.15, -0.1) is 0 Å². The van der Waals surface area contributed by atoms with Crippen LogP contribution >= 0.6 is 0 Å². The van der Waals surface area contributed by atoms with Gasteiger partial charge in [0, 0.05) is 19.1 Å². The molecule has 1 fully saturated rings. The number of fused-ring (bicyclic) bond motifs is 1. The van der Waals surface area contributed by atoms with Crippen LogP contribution in [-0.4, -0.2) is 35.7 Å². The Morgan fingerprint density at radius 3 is 2.48 bits per heavy atom. The molecule has 2 heterocycles. The van der Waals surface area contributed by atoms with Crippen molar-refractivity contribution in [1.82, 2.24) is 24.0 Å². The molecule has 29 heavy (non-hydrogen) atoms. The van der Waals surface area contributed by atoms with Crippen molar-refractivity contribution >= 4 is 17.1 Å².